The van der Waals surface area contributed by atoms with Gasteiger partial charge < -0.3 is 5.32 Å². The number of alkyl halides is 1. The maximum atomic E-state index is 11.7. The molecule has 0 spiro atoms. The molecule has 1 heterocycles. The lowest BCUT2D eigenvalue weighted by molar-refractivity contribution is -0.121. The second-order valence-electron chi connectivity index (χ2n) is 4.36. The van der Waals surface area contributed by atoms with Crippen molar-refractivity contribution in [2.75, 3.05) is 18.2 Å². The van der Waals surface area contributed by atoms with Crippen LogP contribution in [-0.4, -0.2) is 37.8 Å². The van der Waals surface area contributed by atoms with Gasteiger partial charge in [0.05, 0.1) is 5.75 Å². The summed E-state index contributed by atoms with van der Waals surface area (Å²) in [6.45, 7) is 2.34. The molecule has 16 heavy (non-hydrogen) atoms. The van der Waals surface area contributed by atoms with Gasteiger partial charge in [-0.1, -0.05) is 13.3 Å². The number of rotatable bonds is 4. The summed E-state index contributed by atoms with van der Waals surface area (Å²) in [7, 11) is -3.22. The summed E-state index contributed by atoms with van der Waals surface area (Å²) in [6.07, 6.45) is 1.93. The molecule has 0 radical (unpaired) electrons. The second kappa shape index (κ2) is 5.87. The summed E-state index contributed by atoms with van der Waals surface area (Å²) in [6, 6.07) is 0. The lowest BCUT2D eigenvalue weighted by atomic mass is 10.1. The highest BCUT2D eigenvalue weighted by Crippen LogP contribution is 2.19. The van der Waals surface area contributed by atoms with Gasteiger partial charge in [-0.05, 0) is 18.8 Å². The van der Waals surface area contributed by atoms with Gasteiger partial charge in [0, 0.05) is 12.4 Å². The molecule has 1 amide bonds. The van der Waals surface area contributed by atoms with Gasteiger partial charge in [0.2, 0.25) is 5.91 Å². The Hall–Kier alpha value is -0.290. The first kappa shape index (κ1) is 13.8. The molecule has 0 bridgehead atoms. The molecule has 0 aromatic carbocycles. The molecule has 0 aromatic heterocycles. The van der Waals surface area contributed by atoms with Gasteiger partial charge in [-0.15, -0.1) is 11.6 Å². The molecule has 1 aliphatic rings. The zero-order chi connectivity index (χ0) is 12.2. The Morgan fingerprint density at radius 2 is 2.19 bits per heavy atom. The largest absolute Gasteiger partial charge is 0.355 e. The van der Waals surface area contributed by atoms with Gasteiger partial charge in [-0.2, -0.15) is 0 Å². The molecule has 2 unspecified atom stereocenters. The quantitative estimate of drug-likeness (QED) is 0.772. The summed E-state index contributed by atoms with van der Waals surface area (Å²) in [5, 5.41) is 1.81. The second-order valence-corrected chi connectivity index (χ2v) is 6.97. The van der Waals surface area contributed by atoms with Gasteiger partial charge in [0.1, 0.15) is 5.25 Å². The minimum atomic E-state index is -3.22. The lowest BCUT2D eigenvalue weighted by Crippen LogP contribution is -2.44. The van der Waals surface area contributed by atoms with Gasteiger partial charge in [0.15, 0.2) is 9.84 Å². The highest BCUT2D eigenvalue weighted by Gasteiger charge is 2.34. The van der Waals surface area contributed by atoms with Crippen LogP contribution in [0.2, 0.25) is 0 Å². The number of nitrogens with one attached hydrogen (secondary N) is 1. The SMILES string of the molecule is CC(CCl)CNC(=O)C1CCCCS1(=O)=O. The molecule has 1 saturated heterocycles. The maximum Gasteiger partial charge on any atom is 0.238 e. The molecule has 1 rings (SSSR count). The Morgan fingerprint density at radius 1 is 1.50 bits per heavy atom. The highest BCUT2D eigenvalue weighted by atomic mass is 35.5. The summed E-state index contributed by atoms with van der Waals surface area (Å²) in [5.74, 6) is 0.391. The number of hydrogen-bond donors (Lipinski definition) is 1. The van der Waals surface area contributed by atoms with Crippen LogP contribution >= 0.6 is 11.6 Å². The molecule has 2 atom stereocenters. The molecule has 0 saturated carbocycles. The maximum absolute atomic E-state index is 11.7. The van der Waals surface area contributed by atoms with E-state index in [1.165, 1.54) is 0 Å². The van der Waals surface area contributed by atoms with Gasteiger partial charge in [-0.3, -0.25) is 4.79 Å². The van der Waals surface area contributed by atoms with E-state index >= 15 is 0 Å². The summed E-state index contributed by atoms with van der Waals surface area (Å²) in [4.78, 5) is 11.7. The van der Waals surface area contributed by atoms with E-state index in [0.717, 1.165) is 6.42 Å². The number of halogens is 1. The lowest BCUT2D eigenvalue weighted by Gasteiger charge is -2.22. The molecule has 1 N–H and O–H groups in total. The molecular weight excluding hydrogens is 250 g/mol. The summed E-state index contributed by atoms with van der Waals surface area (Å²) >= 11 is 5.61. The van der Waals surface area contributed by atoms with Crippen molar-refractivity contribution in [2.24, 2.45) is 5.92 Å². The van der Waals surface area contributed by atoms with Crippen LogP contribution in [0.15, 0.2) is 0 Å². The van der Waals surface area contributed by atoms with E-state index in [2.05, 4.69) is 5.32 Å². The van der Waals surface area contributed by atoms with Gasteiger partial charge in [-0.25, -0.2) is 8.42 Å². The molecule has 1 aliphatic heterocycles. The molecule has 0 aliphatic carbocycles. The van der Waals surface area contributed by atoms with Gasteiger partial charge in [0.25, 0.3) is 0 Å². The Labute approximate surface area is 102 Å². The molecule has 94 valence electrons. The fraction of sp³-hybridized carbons (Fsp3) is 0.900. The monoisotopic (exact) mass is 267 g/mol. The Kier molecular flexibility index (Phi) is 5.05. The number of hydrogen-bond acceptors (Lipinski definition) is 3. The van der Waals surface area contributed by atoms with Crippen LogP contribution in [-0.2, 0) is 14.6 Å². The molecule has 4 nitrogen and oxygen atoms in total. The fourth-order valence-electron chi connectivity index (χ4n) is 1.69. The van der Waals surface area contributed by atoms with E-state index in [4.69, 9.17) is 11.6 Å². The van der Waals surface area contributed by atoms with Crippen LogP contribution in [0.5, 0.6) is 0 Å². The zero-order valence-electron chi connectivity index (χ0n) is 9.41. The van der Waals surface area contributed by atoms with Crippen LogP contribution in [0.4, 0.5) is 0 Å². The van der Waals surface area contributed by atoms with E-state index in [-0.39, 0.29) is 17.6 Å². The Bertz CT molecular complexity index is 342. The first-order valence-electron chi connectivity index (χ1n) is 5.52. The predicted molar refractivity (Wildman–Crippen MR) is 64.3 cm³/mol. The summed E-state index contributed by atoms with van der Waals surface area (Å²) in [5.41, 5.74) is 0. The van der Waals surface area contributed by atoms with E-state index < -0.39 is 15.1 Å². The van der Waals surface area contributed by atoms with Crippen LogP contribution in [0, 0.1) is 5.92 Å². The minimum absolute atomic E-state index is 0.135. The molecule has 6 heteroatoms. The van der Waals surface area contributed by atoms with E-state index in [9.17, 15) is 13.2 Å². The van der Waals surface area contributed by atoms with Crippen LogP contribution in [0.3, 0.4) is 0 Å². The first-order valence-corrected chi connectivity index (χ1v) is 7.77. The standard InChI is InChI=1S/C10H18ClNO3S/c1-8(6-11)7-12-10(13)9-4-2-3-5-16(9,14)15/h8-9H,2-7H2,1H3,(H,12,13). The van der Waals surface area contributed by atoms with Crippen molar-refractivity contribution in [1.82, 2.24) is 5.32 Å². The van der Waals surface area contributed by atoms with Crippen molar-refractivity contribution >= 4 is 27.3 Å². The number of carbonyl (C=O) groups is 1. The van der Waals surface area contributed by atoms with Crippen molar-refractivity contribution in [2.45, 2.75) is 31.4 Å². The summed E-state index contributed by atoms with van der Waals surface area (Å²) < 4.78 is 23.3. The van der Waals surface area contributed by atoms with Crippen molar-refractivity contribution in [3.8, 4) is 0 Å². The van der Waals surface area contributed by atoms with E-state index in [0.29, 0.717) is 25.3 Å². The van der Waals surface area contributed by atoms with Crippen LogP contribution < -0.4 is 5.32 Å². The topological polar surface area (TPSA) is 63.2 Å². The van der Waals surface area contributed by atoms with E-state index in [1.807, 2.05) is 6.92 Å². The van der Waals surface area contributed by atoms with Crippen LogP contribution in [0.1, 0.15) is 26.2 Å². The third-order valence-corrected chi connectivity index (χ3v) is 5.46. The number of amides is 1. The van der Waals surface area contributed by atoms with Crippen LogP contribution in [0.25, 0.3) is 0 Å². The van der Waals surface area contributed by atoms with Gasteiger partial charge >= 0.3 is 0 Å². The first-order chi connectivity index (χ1) is 7.47. The zero-order valence-corrected chi connectivity index (χ0v) is 11.0. The van der Waals surface area contributed by atoms with Crippen molar-refractivity contribution in [3.63, 3.8) is 0 Å². The predicted octanol–water partition coefficient (Wildman–Crippen LogP) is 0.945. The normalized spacial score (nSPS) is 26.0. The smallest absolute Gasteiger partial charge is 0.238 e. The van der Waals surface area contributed by atoms with E-state index in [1.54, 1.807) is 0 Å². The number of carbonyl (C=O) groups excluding carboxylic acids is 1. The minimum Gasteiger partial charge on any atom is -0.355 e. The highest BCUT2D eigenvalue weighted by molar-refractivity contribution is 7.92. The third-order valence-electron chi connectivity index (χ3n) is 2.76. The molecule has 0 aromatic rings. The Morgan fingerprint density at radius 3 is 2.75 bits per heavy atom. The Balaban J connectivity index is 2.53. The third kappa shape index (κ3) is 3.63. The fourth-order valence-corrected chi connectivity index (χ4v) is 3.63. The molecule has 1 fully saturated rings. The van der Waals surface area contributed by atoms with Crippen molar-refractivity contribution in [1.29, 1.82) is 0 Å². The molecular formula is C10H18ClNO3S. The van der Waals surface area contributed by atoms with Crippen molar-refractivity contribution < 1.29 is 13.2 Å². The average molecular weight is 268 g/mol. The number of sulfone groups is 1. The average Bonchev–Trinajstić information content (AvgIpc) is 2.24. The van der Waals surface area contributed by atoms with Crippen molar-refractivity contribution in [3.05, 3.63) is 0 Å².